The fourth-order valence-electron chi connectivity index (χ4n) is 3.25. The second-order valence-electron chi connectivity index (χ2n) is 6.20. The average molecular weight is 310 g/mol. The lowest BCUT2D eigenvalue weighted by Crippen LogP contribution is -2.39. The molecule has 0 saturated heterocycles. The molecule has 1 aromatic carbocycles. The Bertz CT molecular complexity index is 443. The molecule has 1 unspecified atom stereocenters. The van der Waals surface area contributed by atoms with Gasteiger partial charge in [0.15, 0.2) is 0 Å². The molecule has 1 atom stereocenters. The summed E-state index contributed by atoms with van der Waals surface area (Å²) in [7, 11) is 0. The summed E-state index contributed by atoms with van der Waals surface area (Å²) in [5, 5.41) is 4.52. The van der Waals surface area contributed by atoms with E-state index in [0.29, 0.717) is 12.1 Å². The van der Waals surface area contributed by atoms with Crippen LogP contribution in [0.5, 0.6) is 0 Å². The summed E-state index contributed by atoms with van der Waals surface area (Å²) in [6, 6.07) is 6.90. The van der Waals surface area contributed by atoms with Crippen LogP contribution in [0.1, 0.15) is 44.2 Å². The Balaban J connectivity index is 1.87. The van der Waals surface area contributed by atoms with E-state index in [1.807, 2.05) is 0 Å². The highest BCUT2D eigenvalue weighted by Crippen LogP contribution is 2.34. The van der Waals surface area contributed by atoms with Crippen molar-refractivity contribution in [1.29, 1.82) is 0 Å². The van der Waals surface area contributed by atoms with Crippen molar-refractivity contribution in [2.24, 2.45) is 5.92 Å². The van der Waals surface area contributed by atoms with Crippen LogP contribution in [-0.4, -0.2) is 25.3 Å². The molecule has 0 radical (unpaired) electrons. The Hall–Kier alpha value is -0.570. The first-order valence-corrected chi connectivity index (χ1v) is 8.60. The molecule has 0 aliphatic heterocycles. The predicted octanol–water partition coefficient (Wildman–Crippen LogP) is 4.37. The highest BCUT2D eigenvalue weighted by atomic mass is 35.5. The minimum absolute atomic E-state index is 0.505. The van der Waals surface area contributed by atoms with Crippen molar-refractivity contribution in [3.05, 3.63) is 34.3 Å². The molecule has 21 heavy (non-hydrogen) atoms. The van der Waals surface area contributed by atoms with E-state index in [4.69, 9.17) is 16.3 Å². The van der Waals surface area contributed by atoms with E-state index in [1.54, 1.807) is 0 Å². The van der Waals surface area contributed by atoms with E-state index < -0.39 is 0 Å². The van der Waals surface area contributed by atoms with Gasteiger partial charge < -0.3 is 10.1 Å². The van der Waals surface area contributed by atoms with Crippen LogP contribution in [0.15, 0.2) is 18.2 Å². The summed E-state index contributed by atoms with van der Waals surface area (Å²) in [5.41, 5.74) is 2.48. The third-order valence-corrected chi connectivity index (χ3v) is 4.73. The first-order chi connectivity index (χ1) is 10.1. The van der Waals surface area contributed by atoms with E-state index in [9.17, 15) is 0 Å². The highest BCUT2D eigenvalue weighted by Gasteiger charge is 2.31. The largest absolute Gasteiger partial charge is 0.378 e. The molecule has 1 N–H and O–H groups in total. The summed E-state index contributed by atoms with van der Waals surface area (Å²) in [5.74, 6) is 0.801. The lowest BCUT2D eigenvalue weighted by atomic mass is 9.77. The minimum atomic E-state index is 0.505. The van der Waals surface area contributed by atoms with Gasteiger partial charge >= 0.3 is 0 Å². The topological polar surface area (TPSA) is 21.3 Å². The molecular formula is C18H28ClNO. The number of likely N-dealkylation sites (N-methyl/N-ethyl adjacent to an activating group) is 1. The van der Waals surface area contributed by atoms with Crippen molar-refractivity contribution in [1.82, 2.24) is 5.32 Å². The zero-order chi connectivity index (χ0) is 15.2. The minimum Gasteiger partial charge on any atom is -0.378 e. The Morgan fingerprint density at radius 3 is 2.71 bits per heavy atom. The van der Waals surface area contributed by atoms with Crippen molar-refractivity contribution in [2.45, 2.75) is 58.6 Å². The summed E-state index contributed by atoms with van der Waals surface area (Å²) in [6.45, 7) is 8.18. The van der Waals surface area contributed by atoms with Crippen molar-refractivity contribution in [3.63, 3.8) is 0 Å². The van der Waals surface area contributed by atoms with Crippen molar-refractivity contribution in [3.8, 4) is 0 Å². The molecule has 1 aromatic rings. The van der Waals surface area contributed by atoms with Crippen LogP contribution >= 0.6 is 11.6 Å². The van der Waals surface area contributed by atoms with Crippen molar-refractivity contribution >= 4 is 11.6 Å². The van der Waals surface area contributed by atoms with Crippen LogP contribution in [-0.2, 0) is 11.2 Å². The van der Waals surface area contributed by atoms with Gasteiger partial charge in [-0.1, -0.05) is 30.7 Å². The lowest BCUT2D eigenvalue weighted by molar-refractivity contribution is -0.0289. The number of hydrogen-bond acceptors (Lipinski definition) is 2. The van der Waals surface area contributed by atoms with Gasteiger partial charge in [-0.15, -0.1) is 0 Å². The van der Waals surface area contributed by atoms with Crippen LogP contribution < -0.4 is 5.32 Å². The smallest absolute Gasteiger partial charge is 0.0580 e. The van der Waals surface area contributed by atoms with Gasteiger partial charge in [-0.25, -0.2) is 0 Å². The normalized spacial score (nSPS) is 22.9. The van der Waals surface area contributed by atoms with Gasteiger partial charge in [0, 0.05) is 17.7 Å². The average Bonchev–Trinajstić information content (AvgIpc) is 2.39. The van der Waals surface area contributed by atoms with Crippen LogP contribution in [0.4, 0.5) is 0 Å². The first-order valence-electron chi connectivity index (χ1n) is 8.22. The fourth-order valence-corrected chi connectivity index (χ4v) is 3.56. The van der Waals surface area contributed by atoms with Gasteiger partial charge in [0.25, 0.3) is 0 Å². The van der Waals surface area contributed by atoms with Gasteiger partial charge in [0.2, 0.25) is 0 Å². The number of halogens is 1. The summed E-state index contributed by atoms with van der Waals surface area (Å²) >= 11 is 6.37. The lowest BCUT2D eigenvalue weighted by Gasteiger charge is -2.37. The number of benzene rings is 1. The third kappa shape index (κ3) is 4.98. The molecule has 2 nitrogen and oxygen atoms in total. The van der Waals surface area contributed by atoms with E-state index in [1.165, 1.54) is 30.4 Å². The Morgan fingerprint density at radius 1 is 1.33 bits per heavy atom. The van der Waals surface area contributed by atoms with Gasteiger partial charge in [-0.05, 0) is 69.2 Å². The molecule has 1 aliphatic rings. The van der Waals surface area contributed by atoms with E-state index >= 15 is 0 Å². The zero-order valence-electron chi connectivity index (χ0n) is 13.5. The molecule has 118 valence electrons. The maximum absolute atomic E-state index is 6.37. The molecule has 0 amide bonds. The maximum Gasteiger partial charge on any atom is 0.0580 e. The third-order valence-electron chi connectivity index (χ3n) is 4.38. The molecule has 3 heteroatoms. The molecule has 0 aromatic heterocycles. The van der Waals surface area contributed by atoms with Crippen LogP contribution in [0.3, 0.4) is 0 Å². The van der Waals surface area contributed by atoms with Crippen molar-refractivity contribution in [2.75, 3.05) is 13.2 Å². The summed E-state index contributed by atoms with van der Waals surface area (Å²) < 4.78 is 5.66. The summed E-state index contributed by atoms with van der Waals surface area (Å²) in [6.07, 6.45) is 5.18. The molecule has 1 saturated carbocycles. The molecule has 0 spiro atoms. The number of ether oxygens (including phenoxy) is 1. The SMILES string of the molecule is CCNC(Cc1ccc(C)cc1Cl)CC1CC(OCC)C1. The number of nitrogens with one attached hydrogen (secondary N) is 1. The Kier molecular flexibility index (Phi) is 6.53. The van der Waals surface area contributed by atoms with Crippen LogP contribution in [0.25, 0.3) is 0 Å². The molecule has 0 heterocycles. The van der Waals surface area contributed by atoms with Gasteiger partial charge in [0.1, 0.15) is 0 Å². The number of hydrogen-bond donors (Lipinski definition) is 1. The first kappa shape index (κ1) is 16.8. The van der Waals surface area contributed by atoms with Crippen LogP contribution in [0.2, 0.25) is 5.02 Å². The van der Waals surface area contributed by atoms with Gasteiger partial charge in [-0.3, -0.25) is 0 Å². The second kappa shape index (κ2) is 8.17. The highest BCUT2D eigenvalue weighted by molar-refractivity contribution is 6.31. The quantitative estimate of drug-likeness (QED) is 0.769. The maximum atomic E-state index is 6.37. The standard InChI is InChI=1S/C18H28ClNO/c1-4-20-16(9-14-10-17(11-14)21-5-2)12-15-7-6-13(3)8-18(15)19/h6-8,14,16-17,20H,4-5,9-12H2,1-3H3. The molecular weight excluding hydrogens is 282 g/mol. The Morgan fingerprint density at radius 2 is 2.10 bits per heavy atom. The molecule has 1 fully saturated rings. The van der Waals surface area contributed by atoms with E-state index in [0.717, 1.165) is 30.5 Å². The molecule has 1 aliphatic carbocycles. The predicted molar refractivity (Wildman–Crippen MR) is 90.1 cm³/mol. The number of aryl methyl sites for hydroxylation is 1. The zero-order valence-corrected chi connectivity index (χ0v) is 14.2. The van der Waals surface area contributed by atoms with Crippen molar-refractivity contribution < 1.29 is 4.74 Å². The van der Waals surface area contributed by atoms with Gasteiger partial charge in [-0.2, -0.15) is 0 Å². The Labute approximate surface area is 134 Å². The van der Waals surface area contributed by atoms with Crippen LogP contribution in [0, 0.1) is 12.8 Å². The van der Waals surface area contributed by atoms with Gasteiger partial charge in [0.05, 0.1) is 6.10 Å². The monoisotopic (exact) mass is 309 g/mol. The number of rotatable bonds is 8. The second-order valence-corrected chi connectivity index (χ2v) is 6.61. The molecule has 2 rings (SSSR count). The van der Waals surface area contributed by atoms with E-state index in [2.05, 4.69) is 44.3 Å². The summed E-state index contributed by atoms with van der Waals surface area (Å²) in [4.78, 5) is 0. The fraction of sp³-hybridized carbons (Fsp3) is 0.667. The molecule has 0 bridgehead atoms. The van der Waals surface area contributed by atoms with E-state index in [-0.39, 0.29) is 0 Å².